The summed E-state index contributed by atoms with van der Waals surface area (Å²) < 4.78 is 10.8. The maximum Gasteiger partial charge on any atom is 0.340 e. The molecule has 0 amide bonds. The second-order valence-corrected chi connectivity index (χ2v) is 6.64. The van der Waals surface area contributed by atoms with Crippen LogP contribution in [-0.2, 0) is 16.1 Å². The molecule has 1 aliphatic heterocycles. The van der Waals surface area contributed by atoms with Crippen molar-refractivity contribution in [3.63, 3.8) is 0 Å². The fourth-order valence-electron chi connectivity index (χ4n) is 3.14. The van der Waals surface area contributed by atoms with Crippen LogP contribution in [0.1, 0.15) is 15.9 Å². The van der Waals surface area contributed by atoms with Gasteiger partial charge in [-0.2, -0.15) is 0 Å². The Bertz CT molecular complexity index is 903. The quantitative estimate of drug-likeness (QED) is 0.633. The van der Waals surface area contributed by atoms with Gasteiger partial charge in [0.1, 0.15) is 12.4 Å². The predicted octanol–water partition coefficient (Wildman–Crippen LogP) is 3.94. The van der Waals surface area contributed by atoms with E-state index in [0.29, 0.717) is 18.8 Å². The standard InChI is InChI=1S/C23H22N2O3/c26-23(21-10-11-22(24-16-21)25-12-14-27-15-13-25)28-17-18-6-8-20(9-7-18)19-4-2-1-3-5-19/h1-11,16H,12-15,17H2. The van der Waals surface area contributed by atoms with Gasteiger partial charge in [-0.3, -0.25) is 0 Å². The Kier molecular flexibility index (Phi) is 5.64. The van der Waals surface area contributed by atoms with Crippen LogP contribution in [0.2, 0.25) is 0 Å². The van der Waals surface area contributed by atoms with Crippen molar-refractivity contribution in [1.82, 2.24) is 4.98 Å². The molecule has 28 heavy (non-hydrogen) atoms. The van der Waals surface area contributed by atoms with Gasteiger partial charge in [0.05, 0.1) is 18.8 Å². The van der Waals surface area contributed by atoms with Crippen molar-refractivity contribution in [2.75, 3.05) is 31.2 Å². The van der Waals surface area contributed by atoms with E-state index in [1.807, 2.05) is 48.5 Å². The fourth-order valence-corrected chi connectivity index (χ4v) is 3.14. The van der Waals surface area contributed by atoms with Crippen LogP contribution in [0.3, 0.4) is 0 Å². The van der Waals surface area contributed by atoms with Crippen LogP contribution >= 0.6 is 0 Å². The summed E-state index contributed by atoms with van der Waals surface area (Å²) in [6, 6.07) is 21.8. The molecule has 5 nitrogen and oxygen atoms in total. The average Bonchev–Trinajstić information content (AvgIpc) is 2.79. The van der Waals surface area contributed by atoms with Crippen LogP contribution < -0.4 is 4.90 Å². The van der Waals surface area contributed by atoms with Crippen molar-refractivity contribution in [2.24, 2.45) is 0 Å². The summed E-state index contributed by atoms with van der Waals surface area (Å²) in [6.45, 7) is 3.27. The SMILES string of the molecule is O=C(OCc1ccc(-c2ccccc2)cc1)c1ccc(N2CCOCC2)nc1. The van der Waals surface area contributed by atoms with E-state index in [-0.39, 0.29) is 12.6 Å². The van der Waals surface area contributed by atoms with E-state index in [0.717, 1.165) is 35.6 Å². The fraction of sp³-hybridized carbons (Fsp3) is 0.217. The van der Waals surface area contributed by atoms with Crippen LogP contribution in [0, 0.1) is 0 Å². The molecule has 0 N–H and O–H groups in total. The first-order valence-electron chi connectivity index (χ1n) is 9.40. The number of aromatic nitrogens is 1. The number of ether oxygens (including phenoxy) is 2. The Balaban J connectivity index is 1.33. The molecule has 1 saturated heterocycles. The summed E-state index contributed by atoms with van der Waals surface area (Å²) in [6.07, 6.45) is 1.58. The number of benzene rings is 2. The van der Waals surface area contributed by atoms with Gasteiger partial charge in [-0.05, 0) is 28.8 Å². The summed E-state index contributed by atoms with van der Waals surface area (Å²) in [5.41, 5.74) is 3.71. The van der Waals surface area contributed by atoms with Gasteiger partial charge in [0.25, 0.3) is 0 Å². The van der Waals surface area contributed by atoms with E-state index < -0.39 is 0 Å². The van der Waals surface area contributed by atoms with Gasteiger partial charge < -0.3 is 14.4 Å². The lowest BCUT2D eigenvalue weighted by Crippen LogP contribution is -2.36. The number of esters is 1. The van der Waals surface area contributed by atoms with Crippen LogP contribution in [0.15, 0.2) is 72.9 Å². The van der Waals surface area contributed by atoms with Gasteiger partial charge in [-0.1, -0.05) is 54.6 Å². The second kappa shape index (κ2) is 8.67. The molecular weight excluding hydrogens is 352 g/mol. The number of hydrogen-bond acceptors (Lipinski definition) is 5. The monoisotopic (exact) mass is 374 g/mol. The predicted molar refractivity (Wildman–Crippen MR) is 108 cm³/mol. The average molecular weight is 374 g/mol. The van der Waals surface area contributed by atoms with Crippen LogP contribution in [0.4, 0.5) is 5.82 Å². The number of pyridine rings is 1. The topological polar surface area (TPSA) is 51.7 Å². The molecule has 0 aliphatic carbocycles. The molecule has 3 aromatic rings. The third-order valence-electron chi connectivity index (χ3n) is 4.75. The molecule has 142 valence electrons. The van der Waals surface area contributed by atoms with E-state index >= 15 is 0 Å². The highest BCUT2D eigenvalue weighted by atomic mass is 16.5. The van der Waals surface area contributed by atoms with Crippen molar-refractivity contribution >= 4 is 11.8 Å². The number of anilines is 1. The molecule has 0 radical (unpaired) electrons. The lowest BCUT2D eigenvalue weighted by Gasteiger charge is -2.27. The maximum atomic E-state index is 12.3. The highest BCUT2D eigenvalue weighted by molar-refractivity contribution is 5.89. The minimum Gasteiger partial charge on any atom is -0.457 e. The number of rotatable bonds is 5. The zero-order valence-corrected chi connectivity index (χ0v) is 15.6. The van der Waals surface area contributed by atoms with E-state index in [4.69, 9.17) is 9.47 Å². The zero-order chi connectivity index (χ0) is 19.2. The first kappa shape index (κ1) is 18.2. The molecule has 0 unspecified atom stereocenters. The third kappa shape index (κ3) is 4.38. The summed E-state index contributed by atoms with van der Waals surface area (Å²) in [7, 11) is 0. The normalized spacial score (nSPS) is 13.9. The number of nitrogens with zero attached hydrogens (tertiary/aromatic N) is 2. The van der Waals surface area contributed by atoms with Gasteiger partial charge in [0.15, 0.2) is 0 Å². The van der Waals surface area contributed by atoms with Gasteiger partial charge in [0, 0.05) is 19.3 Å². The molecule has 1 fully saturated rings. The van der Waals surface area contributed by atoms with Crippen molar-refractivity contribution in [1.29, 1.82) is 0 Å². The molecular formula is C23H22N2O3. The first-order chi connectivity index (χ1) is 13.8. The van der Waals surface area contributed by atoms with E-state index in [1.165, 1.54) is 0 Å². The van der Waals surface area contributed by atoms with E-state index in [9.17, 15) is 4.79 Å². The van der Waals surface area contributed by atoms with Crippen molar-refractivity contribution < 1.29 is 14.3 Å². The van der Waals surface area contributed by atoms with Gasteiger partial charge >= 0.3 is 5.97 Å². The summed E-state index contributed by atoms with van der Waals surface area (Å²) >= 11 is 0. The highest BCUT2D eigenvalue weighted by Crippen LogP contribution is 2.20. The Morgan fingerprint density at radius 3 is 2.32 bits per heavy atom. The van der Waals surface area contributed by atoms with E-state index in [1.54, 1.807) is 12.3 Å². The molecule has 0 spiro atoms. The molecule has 0 saturated carbocycles. The third-order valence-corrected chi connectivity index (χ3v) is 4.75. The minimum atomic E-state index is -0.367. The second-order valence-electron chi connectivity index (χ2n) is 6.64. The summed E-state index contributed by atoms with van der Waals surface area (Å²) in [5.74, 6) is 0.490. The largest absolute Gasteiger partial charge is 0.457 e. The molecule has 1 aliphatic rings. The smallest absolute Gasteiger partial charge is 0.340 e. The maximum absolute atomic E-state index is 12.3. The van der Waals surface area contributed by atoms with Crippen molar-refractivity contribution in [3.8, 4) is 11.1 Å². The molecule has 5 heteroatoms. The Morgan fingerprint density at radius 1 is 0.929 bits per heavy atom. The molecule has 0 bridgehead atoms. The number of hydrogen-bond donors (Lipinski definition) is 0. The number of carbonyl (C=O) groups excluding carboxylic acids is 1. The molecule has 2 aromatic carbocycles. The lowest BCUT2D eigenvalue weighted by atomic mass is 10.0. The van der Waals surface area contributed by atoms with E-state index in [2.05, 4.69) is 22.0 Å². The van der Waals surface area contributed by atoms with Gasteiger partial charge in [0.2, 0.25) is 0 Å². The van der Waals surface area contributed by atoms with Crippen LogP contribution in [0.5, 0.6) is 0 Å². The molecule has 0 atom stereocenters. The lowest BCUT2D eigenvalue weighted by molar-refractivity contribution is 0.0472. The Labute approximate surface area is 164 Å². The molecule has 2 heterocycles. The summed E-state index contributed by atoms with van der Waals surface area (Å²) in [4.78, 5) is 18.8. The Morgan fingerprint density at radius 2 is 1.64 bits per heavy atom. The Hall–Kier alpha value is -3.18. The number of carbonyl (C=O) groups is 1. The minimum absolute atomic E-state index is 0.235. The highest BCUT2D eigenvalue weighted by Gasteiger charge is 2.14. The van der Waals surface area contributed by atoms with Crippen molar-refractivity contribution in [3.05, 3.63) is 84.1 Å². The zero-order valence-electron chi connectivity index (χ0n) is 15.6. The van der Waals surface area contributed by atoms with Gasteiger partial charge in [-0.25, -0.2) is 9.78 Å². The van der Waals surface area contributed by atoms with Crippen molar-refractivity contribution in [2.45, 2.75) is 6.61 Å². The van der Waals surface area contributed by atoms with Crippen LogP contribution in [0.25, 0.3) is 11.1 Å². The number of morpholine rings is 1. The van der Waals surface area contributed by atoms with Crippen LogP contribution in [-0.4, -0.2) is 37.3 Å². The molecule has 1 aromatic heterocycles. The first-order valence-corrected chi connectivity index (χ1v) is 9.40. The summed E-state index contributed by atoms with van der Waals surface area (Å²) in [5, 5.41) is 0. The van der Waals surface area contributed by atoms with Gasteiger partial charge in [-0.15, -0.1) is 0 Å². The molecule has 4 rings (SSSR count).